The van der Waals surface area contributed by atoms with Gasteiger partial charge in [-0.25, -0.2) is 0 Å². The van der Waals surface area contributed by atoms with E-state index in [0.717, 1.165) is 27.7 Å². The van der Waals surface area contributed by atoms with Gasteiger partial charge < -0.3 is 30.7 Å². The molecule has 13 heteroatoms. The van der Waals surface area contributed by atoms with E-state index in [-0.39, 0.29) is 38.4 Å². The number of benzene rings is 2. The second kappa shape index (κ2) is 15.8. The highest BCUT2D eigenvalue weighted by atomic mass is 16.2. The second-order valence-electron chi connectivity index (χ2n) is 13.0. The van der Waals surface area contributed by atoms with E-state index in [1.54, 1.807) is 23.9 Å². The van der Waals surface area contributed by atoms with E-state index in [9.17, 15) is 24.0 Å². The van der Waals surface area contributed by atoms with Crippen molar-refractivity contribution in [1.29, 1.82) is 0 Å². The third kappa shape index (κ3) is 8.21. The van der Waals surface area contributed by atoms with Crippen molar-refractivity contribution in [3.63, 3.8) is 0 Å². The summed E-state index contributed by atoms with van der Waals surface area (Å²) in [7, 11) is 1.50. The van der Waals surface area contributed by atoms with Gasteiger partial charge in [-0.15, -0.1) is 0 Å². The van der Waals surface area contributed by atoms with Gasteiger partial charge in [-0.1, -0.05) is 62.4 Å². The molecule has 50 heavy (non-hydrogen) atoms. The van der Waals surface area contributed by atoms with Crippen LogP contribution >= 0.6 is 0 Å². The molecular formula is C37H46N8O5. The van der Waals surface area contributed by atoms with Gasteiger partial charge in [0.1, 0.15) is 23.8 Å². The van der Waals surface area contributed by atoms with Gasteiger partial charge in [0, 0.05) is 56.6 Å². The third-order valence-corrected chi connectivity index (χ3v) is 9.17. The van der Waals surface area contributed by atoms with Crippen LogP contribution in [0.3, 0.4) is 0 Å². The van der Waals surface area contributed by atoms with Gasteiger partial charge >= 0.3 is 0 Å². The molecule has 0 spiro atoms. The summed E-state index contributed by atoms with van der Waals surface area (Å²) in [5.41, 5.74) is 3.59. The van der Waals surface area contributed by atoms with Crippen molar-refractivity contribution in [2.45, 2.75) is 71.1 Å². The molecule has 1 saturated heterocycles. The van der Waals surface area contributed by atoms with Crippen molar-refractivity contribution in [1.82, 2.24) is 40.5 Å². The fraction of sp³-hybridized carbons (Fsp3) is 0.405. The zero-order chi connectivity index (χ0) is 35.9. The lowest BCUT2D eigenvalue weighted by atomic mass is 10.0. The summed E-state index contributed by atoms with van der Waals surface area (Å²) in [4.78, 5) is 75.0. The first-order valence-electron chi connectivity index (χ1n) is 17.1. The summed E-state index contributed by atoms with van der Waals surface area (Å²) in [6, 6.07) is 15.7. The Morgan fingerprint density at radius 2 is 1.66 bits per heavy atom. The molecule has 5 amide bonds. The Kier molecular flexibility index (Phi) is 11.3. The molecule has 4 N–H and O–H groups in total. The number of nitrogens with one attached hydrogen (secondary N) is 4. The Morgan fingerprint density at radius 3 is 2.38 bits per heavy atom. The number of H-pyrrole nitrogens is 1. The number of amides is 5. The number of rotatable bonds is 7. The highest BCUT2D eigenvalue weighted by Crippen LogP contribution is 2.21. The van der Waals surface area contributed by atoms with Crippen LogP contribution in [0.5, 0.6) is 0 Å². The Labute approximate surface area is 291 Å². The highest BCUT2D eigenvalue weighted by molar-refractivity contribution is 5.98. The fourth-order valence-corrected chi connectivity index (χ4v) is 6.08. The predicted molar refractivity (Wildman–Crippen MR) is 189 cm³/mol. The van der Waals surface area contributed by atoms with Gasteiger partial charge in [0.05, 0.1) is 12.2 Å². The lowest BCUT2D eigenvalue weighted by Gasteiger charge is -2.30. The molecule has 3 heterocycles. The van der Waals surface area contributed by atoms with E-state index in [1.807, 2.05) is 75.4 Å². The van der Waals surface area contributed by atoms with Crippen molar-refractivity contribution in [2.75, 3.05) is 26.7 Å². The molecule has 1 fully saturated rings. The maximum atomic E-state index is 14.1. The molecule has 2 aromatic carbocycles. The van der Waals surface area contributed by atoms with Crippen molar-refractivity contribution in [2.24, 2.45) is 0 Å². The molecule has 2 aromatic heterocycles. The SMILES string of the molecule is CCn1nc(C(C)C)cc1C(=O)N1CCNC(=O)[C@H](Cc2ccccc2)NC(=O)[C@H](C)N(C)C(=O)[C@H](Cc2c[nH]c3ccccc23)NC(=O)C1. The minimum absolute atomic E-state index is 0.00668. The van der Waals surface area contributed by atoms with Crippen LogP contribution in [-0.4, -0.2) is 98.9 Å². The quantitative estimate of drug-likeness (QED) is 0.234. The lowest BCUT2D eigenvalue weighted by molar-refractivity contribution is -0.142. The van der Waals surface area contributed by atoms with Gasteiger partial charge in [-0.2, -0.15) is 5.10 Å². The topological polar surface area (TPSA) is 162 Å². The average molecular weight is 683 g/mol. The van der Waals surface area contributed by atoms with Crippen LogP contribution in [-0.2, 0) is 38.6 Å². The molecule has 0 radical (unpaired) electrons. The van der Waals surface area contributed by atoms with Crippen molar-refractivity contribution in [3.8, 4) is 0 Å². The van der Waals surface area contributed by atoms with E-state index in [2.05, 4.69) is 26.0 Å². The first kappa shape index (κ1) is 35.8. The van der Waals surface area contributed by atoms with E-state index in [1.165, 1.54) is 16.8 Å². The van der Waals surface area contributed by atoms with Gasteiger partial charge in [0.2, 0.25) is 23.6 Å². The van der Waals surface area contributed by atoms with Crippen molar-refractivity contribution in [3.05, 3.63) is 89.4 Å². The van der Waals surface area contributed by atoms with Crippen LogP contribution in [0.2, 0.25) is 0 Å². The molecule has 13 nitrogen and oxygen atoms in total. The van der Waals surface area contributed by atoms with Crippen LogP contribution in [0.4, 0.5) is 0 Å². The van der Waals surface area contributed by atoms with Gasteiger partial charge in [-0.05, 0) is 43.0 Å². The molecular weight excluding hydrogens is 636 g/mol. The Morgan fingerprint density at radius 1 is 0.940 bits per heavy atom. The minimum atomic E-state index is -1.06. The number of aromatic amines is 1. The molecule has 0 aliphatic carbocycles. The van der Waals surface area contributed by atoms with Crippen molar-refractivity contribution >= 4 is 40.4 Å². The van der Waals surface area contributed by atoms with Crippen LogP contribution in [0.15, 0.2) is 66.9 Å². The zero-order valence-corrected chi connectivity index (χ0v) is 29.2. The smallest absolute Gasteiger partial charge is 0.272 e. The summed E-state index contributed by atoms with van der Waals surface area (Å²) in [6.45, 7) is 7.51. The number of nitrogens with zero attached hydrogens (tertiary/aromatic N) is 4. The van der Waals surface area contributed by atoms with Crippen LogP contribution in [0, 0.1) is 0 Å². The number of para-hydroxylation sites is 1. The number of fused-ring (bicyclic) bond motifs is 1. The lowest BCUT2D eigenvalue weighted by Crippen LogP contribution is -2.57. The monoisotopic (exact) mass is 682 g/mol. The highest BCUT2D eigenvalue weighted by Gasteiger charge is 2.34. The molecule has 3 atom stereocenters. The summed E-state index contributed by atoms with van der Waals surface area (Å²) in [5, 5.41) is 14.0. The molecule has 0 unspecified atom stereocenters. The molecule has 0 saturated carbocycles. The summed E-state index contributed by atoms with van der Waals surface area (Å²) >= 11 is 0. The molecule has 264 valence electrons. The normalized spacial score (nSPS) is 19.9. The molecule has 1 aliphatic heterocycles. The first-order valence-corrected chi connectivity index (χ1v) is 17.1. The molecule has 4 aromatic rings. The predicted octanol–water partition coefficient (Wildman–Crippen LogP) is 2.38. The number of likely N-dealkylation sites (N-methyl/N-ethyl adjacent to an activating group) is 1. The Bertz CT molecular complexity index is 1850. The van der Waals surface area contributed by atoms with Gasteiger partial charge in [0.15, 0.2) is 0 Å². The van der Waals surface area contributed by atoms with E-state index >= 15 is 0 Å². The Hall–Kier alpha value is -5.46. The number of aryl methyl sites for hydroxylation is 1. The molecule has 0 bridgehead atoms. The Balaban J connectivity index is 1.49. The maximum absolute atomic E-state index is 14.1. The van der Waals surface area contributed by atoms with Crippen molar-refractivity contribution < 1.29 is 24.0 Å². The van der Waals surface area contributed by atoms with Crippen LogP contribution < -0.4 is 16.0 Å². The largest absolute Gasteiger partial charge is 0.361 e. The summed E-state index contributed by atoms with van der Waals surface area (Å²) in [6.07, 6.45) is 2.15. The maximum Gasteiger partial charge on any atom is 0.272 e. The molecule has 5 rings (SSSR count). The minimum Gasteiger partial charge on any atom is -0.361 e. The number of aromatic nitrogens is 3. The van der Waals surface area contributed by atoms with E-state index < -0.39 is 47.7 Å². The second-order valence-corrected chi connectivity index (χ2v) is 13.0. The summed E-state index contributed by atoms with van der Waals surface area (Å²) in [5.74, 6) is -2.38. The standard InChI is InChI=1S/C37H46N8O5/c1-6-45-32(20-29(42-45)23(2)3)37(50)44-17-16-38-35(48)30(18-25-12-8-7-9-13-25)41-34(47)24(4)43(5)36(49)31(40-33(46)22-44)19-26-21-39-28-15-11-10-14-27(26)28/h7-15,20-21,23-24,30-31,39H,6,16-19,22H2,1-5H3,(H,38,48)(H,40,46)(H,41,47)/t24-,30-,31-/m0/s1. The third-order valence-electron chi connectivity index (χ3n) is 9.17. The van der Waals surface area contributed by atoms with E-state index in [4.69, 9.17) is 0 Å². The fourth-order valence-electron chi connectivity index (χ4n) is 6.08. The number of hydrogen-bond acceptors (Lipinski definition) is 6. The van der Waals surface area contributed by atoms with Gasteiger partial charge in [-0.3, -0.25) is 28.7 Å². The first-order chi connectivity index (χ1) is 24.0. The van der Waals surface area contributed by atoms with Crippen LogP contribution in [0.25, 0.3) is 10.9 Å². The number of carbonyl (C=O) groups is 5. The van der Waals surface area contributed by atoms with Crippen LogP contribution in [0.1, 0.15) is 60.9 Å². The molecule has 1 aliphatic rings. The number of carbonyl (C=O) groups excluding carboxylic acids is 5. The zero-order valence-electron chi connectivity index (χ0n) is 29.2. The average Bonchev–Trinajstić information content (AvgIpc) is 3.74. The van der Waals surface area contributed by atoms with Gasteiger partial charge in [0.25, 0.3) is 5.91 Å². The summed E-state index contributed by atoms with van der Waals surface area (Å²) < 4.78 is 1.61. The van der Waals surface area contributed by atoms with E-state index in [0.29, 0.717) is 12.2 Å². The number of hydrogen-bond donors (Lipinski definition) is 4.